The summed E-state index contributed by atoms with van der Waals surface area (Å²) >= 11 is 0. The summed E-state index contributed by atoms with van der Waals surface area (Å²) < 4.78 is 225. The second-order valence-corrected chi connectivity index (χ2v) is 21.7. The second kappa shape index (κ2) is 14.9. The molecule has 0 atom stereocenters. The first-order valence-corrected chi connectivity index (χ1v) is 21.0. The van der Waals surface area contributed by atoms with Gasteiger partial charge < -0.3 is 4.90 Å². The van der Waals surface area contributed by atoms with E-state index in [1.807, 2.05) is 0 Å². The van der Waals surface area contributed by atoms with Crippen molar-refractivity contribution in [2.75, 3.05) is 19.0 Å². The number of rotatable bonds is 7. The predicted octanol–water partition coefficient (Wildman–Crippen LogP) is 16.0. The van der Waals surface area contributed by atoms with Crippen molar-refractivity contribution in [1.29, 1.82) is 0 Å². The number of likely N-dealkylation sites (N-methyl/N-ethyl adjacent to an activating group) is 1. The van der Waals surface area contributed by atoms with Crippen LogP contribution in [-0.2, 0) is 10.8 Å². The fraction of sp³-hybridized carbons (Fsp3) is 0.452. The third kappa shape index (κ3) is 7.41. The van der Waals surface area contributed by atoms with Gasteiger partial charge in [0.15, 0.2) is 5.71 Å². The van der Waals surface area contributed by atoms with Crippen LogP contribution in [0.4, 0.5) is 89.8 Å². The summed E-state index contributed by atoms with van der Waals surface area (Å²) in [6.07, 6.45) is -7.78. The van der Waals surface area contributed by atoms with Crippen LogP contribution in [0.3, 0.4) is 0 Å². The standard InChI is InChI=1S/C36H43N2.C6F18P/c1-34(2)24-26(15-13-21-32-35(3,4)28-17-9-11-19-30(28)37(32)7)23-27(25-34)16-14-22-33-36(5,6)29-18-10-12-20-31(29)38(33)8;7-1(8,9)4(16,17)25(22,23,24,5(18,19)2(10,11)12)6(20,21)3(13,14)15/h9-23H,24-25H2,1-8H3;/q+1;-1. The van der Waals surface area contributed by atoms with E-state index >= 15 is 0 Å². The molecule has 0 saturated heterocycles. The average Bonchev–Trinajstić information content (AvgIpc) is 3.43. The third-order valence-corrected chi connectivity index (χ3v) is 15.9. The summed E-state index contributed by atoms with van der Waals surface area (Å²) in [6.45, 7) is -0.944. The molecule has 2 aliphatic heterocycles. The fourth-order valence-corrected chi connectivity index (χ4v) is 10.9. The summed E-state index contributed by atoms with van der Waals surface area (Å²) in [5, 5.41) is 0. The van der Waals surface area contributed by atoms with Crippen molar-refractivity contribution in [1.82, 2.24) is 0 Å². The quantitative estimate of drug-likeness (QED) is 0.152. The van der Waals surface area contributed by atoms with Crippen LogP contribution in [0.25, 0.3) is 0 Å². The van der Waals surface area contributed by atoms with Crippen molar-refractivity contribution in [3.63, 3.8) is 0 Å². The minimum atomic E-state index is -15.0. The fourth-order valence-electron chi connectivity index (χ4n) is 8.19. The number of para-hydroxylation sites is 2. The monoisotopic (exact) mass is 948 g/mol. The van der Waals surface area contributed by atoms with Gasteiger partial charge in [0.25, 0.3) is 0 Å². The van der Waals surface area contributed by atoms with E-state index in [2.05, 4.69) is 156 Å². The van der Waals surface area contributed by atoms with E-state index in [1.54, 1.807) is 0 Å². The van der Waals surface area contributed by atoms with Crippen LogP contribution in [-0.4, -0.2) is 59.9 Å². The summed E-state index contributed by atoms with van der Waals surface area (Å²) in [7, 11) is 4.37. The first-order chi connectivity index (χ1) is 28.0. The number of fused-ring (bicyclic) bond motifs is 2. The van der Waals surface area contributed by atoms with E-state index in [0.29, 0.717) is 0 Å². The van der Waals surface area contributed by atoms with E-state index in [4.69, 9.17) is 0 Å². The Morgan fingerprint density at radius 1 is 0.587 bits per heavy atom. The van der Waals surface area contributed by atoms with Crippen molar-refractivity contribution in [2.24, 2.45) is 5.41 Å². The minimum absolute atomic E-state index is 0.00423. The van der Waals surface area contributed by atoms with Crippen LogP contribution in [0.2, 0.25) is 0 Å². The first kappa shape index (κ1) is 51.4. The van der Waals surface area contributed by atoms with Crippen LogP contribution in [0, 0.1) is 5.41 Å². The number of hydrogen-bond donors (Lipinski definition) is 0. The molecule has 0 aromatic heterocycles. The molecule has 63 heavy (non-hydrogen) atoms. The zero-order valence-corrected chi connectivity index (χ0v) is 35.6. The van der Waals surface area contributed by atoms with Crippen molar-refractivity contribution in [2.45, 2.75) is 101 Å². The molecule has 0 fully saturated rings. The molecular formula is C42H43F18N2P. The van der Waals surface area contributed by atoms with Gasteiger partial charge in [0.1, 0.15) is 7.05 Å². The van der Waals surface area contributed by atoms with Gasteiger partial charge in [-0.15, -0.1) is 0 Å². The first-order valence-electron chi connectivity index (χ1n) is 18.7. The molecule has 0 N–H and O–H groups in total. The third-order valence-electron chi connectivity index (χ3n) is 11.6. The number of hydrogen-bond acceptors (Lipinski definition) is 1. The number of alkyl halides is 15. The Morgan fingerprint density at radius 2 is 1.03 bits per heavy atom. The molecule has 0 amide bonds. The summed E-state index contributed by atoms with van der Waals surface area (Å²) in [5.74, 6) is 0. The number of anilines is 1. The predicted molar refractivity (Wildman–Crippen MR) is 207 cm³/mol. The van der Waals surface area contributed by atoms with Gasteiger partial charge in [-0.2, -0.15) is 4.58 Å². The van der Waals surface area contributed by atoms with Gasteiger partial charge in [0, 0.05) is 41.6 Å². The van der Waals surface area contributed by atoms with Crippen LogP contribution in [0.1, 0.15) is 65.5 Å². The van der Waals surface area contributed by atoms with Crippen molar-refractivity contribution in [3.8, 4) is 0 Å². The summed E-state index contributed by atoms with van der Waals surface area (Å²) in [4.78, 5) is 2.34. The van der Waals surface area contributed by atoms with Crippen molar-refractivity contribution in [3.05, 3.63) is 119 Å². The zero-order valence-electron chi connectivity index (χ0n) is 34.7. The van der Waals surface area contributed by atoms with E-state index in [0.717, 1.165) is 12.8 Å². The Bertz CT molecular complexity index is 2250. The molecule has 2 heterocycles. The molecule has 2 aromatic rings. The van der Waals surface area contributed by atoms with Gasteiger partial charge in [0.2, 0.25) is 5.69 Å². The van der Waals surface area contributed by atoms with Gasteiger partial charge in [0.05, 0.1) is 5.41 Å². The molecule has 21 heteroatoms. The molecule has 5 rings (SSSR count). The molecule has 352 valence electrons. The molecule has 0 saturated carbocycles. The van der Waals surface area contributed by atoms with E-state index in [-0.39, 0.29) is 16.2 Å². The molecule has 2 nitrogen and oxygen atoms in total. The SMILES string of the molecule is CN1/C(=C\C=C\C2=CC(=C/C=C/C3=[N+](C)c4ccccc4C3(C)C)/CC(C)(C)C2)C(C)(C)c2ccccc21.FC(F)(F)C(F)(F)[P-](F)(F)(F)(C(F)(F)C(F)(F)F)C(F)(F)C(F)(F)F. The molecule has 1 aliphatic carbocycles. The van der Waals surface area contributed by atoms with E-state index in [9.17, 15) is 78.4 Å². The van der Waals surface area contributed by atoms with Crippen LogP contribution in [0.5, 0.6) is 0 Å². The second-order valence-electron chi connectivity index (χ2n) is 17.4. The Labute approximate surface area is 350 Å². The van der Waals surface area contributed by atoms with Crippen molar-refractivity contribution >= 4 is 24.0 Å². The van der Waals surface area contributed by atoms with Gasteiger partial charge in [-0.3, -0.25) is 0 Å². The maximum atomic E-state index is 13.4. The van der Waals surface area contributed by atoms with Crippen LogP contribution >= 0.6 is 6.88 Å². The number of benzene rings is 2. The van der Waals surface area contributed by atoms with Gasteiger partial charge in [-0.05, 0) is 61.0 Å². The molecule has 0 bridgehead atoms. The van der Waals surface area contributed by atoms with Gasteiger partial charge in [-0.1, -0.05) is 94.5 Å². The number of allylic oxidation sites excluding steroid dienone is 10. The van der Waals surface area contributed by atoms with Crippen molar-refractivity contribution < 1.29 is 83.0 Å². The zero-order chi connectivity index (χ0) is 48.7. The van der Waals surface area contributed by atoms with Crippen LogP contribution < -0.4 is 4.90 Å². The molecule has 2 aromatic carbocycles. The summed E-state index contributed by atoms with van der Waals surface area (Å²) in [5.41, 5.74) is -18.1. The molecule has 3 aliphatic rings. The molecule has 0 radical (unpaired) electrons. The molecular weight excluding hydrogens is 905 g/mol. The normalized spacial score (nSPS) is 21.9. The Kier molecular flexibility index (Phi) is 12.2. The van der Waals surface area contributed by atoms with E-state index < -0.39 is 42.4 Å². The molecule has 0 spiro atoms. The Balaban J connectivity index is 0.000000305. The van der Waals surface area contributed by atoms with Gasteiger partial charge in [-0.25, -0.2) is 0 Å². The average molecular weight is 949 g/mol. The topological polar surface area (TPSA) is 6.25 Å². The van der Waals surface area contributed by atoms with Crippen LogP contribution in [0.15, 0.2) is 108 Å². The van der Waals surface area contributed by atoms with E-state index in [1.165, 1.54) is 45.1 Å². The van der Waals surface area contributed by atoms with Gasteiger partial charge >= 0.3 is 121 Å². The molecule has 0 unspecified atom stereocenters. The number of nitrogens with zero attached hydrogens (tertiary/aromatic N) is 2. The number of halogens is 18. The summed E-state index contributed by atoms with van der Waals surface area (Å²) in [6, 6.07) is 17.5. The maximum absolute atomic E-state index is 15.0. The Morgan fingerprint density at radius 3 is 1.49 bits per heavy atom. The Hall–Kier alpha value is -4.22.